The second-order valence-electron chi connectivity index (χ2n) is 2.23. The van der Waals surface area contributed by atoms with Gasteiger partial charge in [-0.1, -0.05) is 0 Å². The Balaban J connectivity index is 2.86. The van der Waals surface area contributed by atoms with Crippen LogP contribution in [-0.2, 0) is 0 Å². The van der Waals surface area contributed by atoms with Gasteiger partial charge in [-0.25, -0.2) is 9.97 Å². The highest BCUT2D eigenvalue weighted by Crippen LogP contribution is 2.13. The highest BCUT2D eigenvalue weighted by Gasteiger charge is 1.99. The van der Waals surface area contributed by atoms with Gasteiger partial charge in [0.1, 0.15) is 11.3 Å². The Hall–Kier alpha value is -1.15. The molecule has 4 nitrogen and oxygen atoms in total. The number of anilines is 1. The first-order valence-corrected chi connectivity index (χ1v) is 3.63. The van der Waals surface area contributed by atoms with Crippen molar-refractivity contribution in [1.29, 1.82) is 0 Å². The standard InChI is InChI=1S/C6H7N4P/c7-5-3-8-6-4(9-5)1-2-10(6)11/h1-3H,11H2,(H2,7,9). The number of nitrogen functional groups attached to an aromatic ring is 1. The molecule has 2 aromatic rings. The maximum absolute atomic E-state index is 5.44. The highest BCUT2D eigenvalue weighted by molar-refractivity contribution is 7.14. The molecule has 1 unspecified atom stereocenters. The van der Waals surface area contributed by atoms with Crippen molar-refractivity contribution in [3.05, 3.63) is 18.5 Å². The van der Waals surface area contributed by atoms with E-state index in [-0.39, 0.29) is 0 Å². The summed E-state index contributed by atoms with van der Waals surface area (Å²) < 4.78 is 1.82. The SMILES string of the molecule is Nc1cnc2c(ccn2P)n1. The van der Waals surface area contributed by atoms with Crippen LogP contribution in [0.5, 0.6) is 0 Å². The molecular formula is C6H7N4P. The molecule has 2 rings (SSSR count). The number of aromatic nitrogens is 3. The number of nitrogens with zero attached hydrogens (tertiary/aromatic N) is 3. The van der Waals surface area contributed by atoms with Crippen LogP contribution in [0.15, 0.2) is 18.5 Å². The van der Waals surface area contributed by atoms with Crippen molar-refractivity contribution in [2.75, 3.05) is 5.73 Å². The van der Waals surface area contributed by atoms with Crippen molar-refractivity contribution in [3.8, 4) is 0 Å². The average Bonchev–Trinajstić information content (AvgIpc) is 2.32. The van der Waals surface area contributed by atoms with Crippen molar-refractivity contribution in [1.82, 2.24) is 14.3 Å². The molecule has 0 spiro atoms. The molecule has 0 aliphatic heterocycles. The molecule has 1 atom stereocenters. The summed E-state index contributed by atoms with van der Waals surface area (Å²) in [5, 5.41) is 0. The summed E-state index contributed by atoms with van der Waals surface area (Å²) in [6.45, 7) is 0. The summed E-state index contributed by atoms with van der Waals surface area (Å²) in [5.41, 5.74) is 7.09. The molecule has 56 valence electrons. The molecular weight excluding hydrogens is 159 g/mol. The number of rotatable bonds is 0. The first-order valence-electron chi connectivity index (χ1n) is 3.12. The van der Waals surface area contributed by atoms with Gasteiger partial charge in [0.25, 0.3) is 0 Å². The van der Waals surface area contributed by atoms with Gasteiger partial charge in [0, 0.05) is 6.20 Å². The van der Waals surface area contributed by atoms with Crippen molar-refractivity contribution in [2.24, 2.45) is 0 Å². The molecule has 0 aromatic carbocycles. The number of hydrogen-bond donors (Lipinski definition) is 1. The molecule has 0 fully saturated rings. The maximum Gasteiger partial charge on any atom is 0.161 e. The van der Waals surface area contributed by atoms with Crippen LogP contribution in [0.1, 0.15) is 0 Å². The minimum absolute atomic E-state index is 0.453. The molecule has 2 heterocycles. The molecule has 0 saturated carbocycles. The number of fused-ring (bicyclic) bond motifs is 1. The monoisotopic (exact) mass is 166 g/mol. The van der Waals surface area contributed by atoms with Gasteiger partial charge in [-0.3, -0.25) is 0 Å². The van der Waals surface area contributed by atoms with E-state index in [1.54, 1.807) is 6.20 Å². The lowest BCUT2D eigenvalue weighted by molar-refractivity contribution is 1.23. The van der Waals surface area contributed by atoms with E-state index in [4.69, 9.17) is 5.73 Å². The molecule has 0 aliphatic carbocycles. The first kappa shape index (κ1) is 6.55. The van der Waals surface area contributed by atoms with Crippen molar-refractivity contribution in [2.45, 2.75) is 0 Å². The third kappa shape index (κ3) is 0.955. The van der Waals surface area contributed by atoms with Crippen molar-refractivity contribution < 1.29 is 0 Å². The van der Waals surface area contributed by atoms with Gasteiger partial charge in [0.05, 0.1) is 6.20 Å². The Kier molecular flexibility index (Phi) is 1.29. The lowest BCUT2D eigenvalue weighted by atomic mass is 10.5. The van der Waals surface area contributed by atoms with Gasteiger partial charge >= 0.3 is 0 Å². The van der Waals surface area contributed by atoms with E-state index in [9.17, 15) is 0 Å². The van der Waals surface area contributed by atoms with Gasteiger partial charge in [-0.05, 0) is 15.5 Å². The minimum Gasteiger partial charge on any atom is -0.382 e. The first-order chi connectivity index (χ1) is 5.27. The molecule has 0 saturated heterocycles. The van der Waals surface area contributed by atoms with E-state index in [1.807, 2.05) is 16.6 Å². The second kappa shape index (κ2) is 2.17. The predicted octanol–water partition coefficient (Wildman–Crippen LogP) is 0.652. The summed E-state index contributed by atoms with van der Waals surface area (Å²) in [7, 11) is 2.52. The molecule has 0 bridgehead atoms. The van der Waals surface area contributed by atoms with Gasteiger partial charge in [0.2, 0.25) is 0 Å². The number of nitrogens with two attached hydrogens (primary N) is 1. The van der Waals surface area contributed by atoms with Crippen LogP contribution in [0.4, 0.5) is 5.82 Å². The normalized spacial score (nSPS) is 10.6. The topological polar surface area (TPSA) is 56.7 Å². The van der Waals surface area contributed by atoms with Crippen LogP contribution in [0.3, 0.4) is 0 Å². The molecule has 5 heteroatoms. The van der Waals surface area contributed by atoms with E-state index in [2.05, 4.69) is 19.4 Å². The zero-order valence-corrected chi connectivity index (χ0v) is 6.88. The molecule has 0 aliphatic rings. The Bertz CT molecular complexity index is 394. The minimum atomic E-state index is 0.453. The largest absolute Gasteiger partial charge is 0.382 e. The second-order valence-corrected chi connectivity index (χ2v) is 2.78. The van der Waals surface area contributed by atoms with Gasteiger partial charge < -0.3 is 10.1 Å². The third-order valence-corrected chi connectivity index (χ3v) is 1.85. The van der Waals surface area contributed by atoms with Crippen LogP contribution >= 0.6 is 9.39 Å². The molecule has 2 aromatic heterocycles. The third-order valence-electron chi connectivity index (χ3n) is 1.44. The van der Waals surface area contributed by atoms with E-state index in [0.717, 1.165) is 11.2 Å². The lowest BCUT2D eigenvalue weighted by Gasteiger charge is -1.93. The number of hydrogen-bond acceptors (Lipinski definition) is 3. The van der Waals surface area contributed by atoms with Gasteiger partial charge in [0.15, 0.2) is 5.65 Å². The van der Waals surface area contributed by atoms with Gasteiger partial charge in [-0.15, -0.1) is 0 Å². The lowest BCUT2D eigenvalue weighted by Crippen LogP contribution is -1.91. The van der Waals surface area contributed by atoms with Crippen LogP contribution < -0.4 is 5.73 Å². The fourth-order valence-electron chi connectivity index (χ4n) is 0.944. The van der Waals surface area contributed by atoms with E-state index in [1.165, 1.54) is 0 Å². The maximum atomic E-state index is 5.44. The molecule has 0 radical (unpaired) electrons. The average molecular weight is 166 g/mol. The summed E-state index contributed by atoms with van der Waals surface area (Å²) in [4.78, 5) is 8.17. The summed E-state index contributed by atoms with van der Waals surface area (Å²) >= 11 is 0. The zero-order chi connectivity index (χ0) is 7.84. The fourth-order valence-corrected chi connectivity index (χ4v) is 1.23. The Labute approximate surface area is 65.7 Å². The van der Waals surface area contributed by atoms with Crippen molar-refractivity contribution >= 4 is 26.4 Å². The Morgan fingerprint density at radius 1 is 1.55 bits per heavy atom. The molecule has 2 N–H and O–H groups in total. The quantitative estimate of drug-likeness (QED) is 0.584. The van der Waals surface area contributed by atoms with Crippen molar-refractivity contribution in [3.63, 3.8) is 0 Å². The van der Waals surface area contributed by atoms with Crippen LogP contribution in [0.2, 0.25) is 0 Å². The molecule has 0 amide bonds. The smallest absolute Gasteiger partial charge is 0.161 e. The summed E-state index contributed by atoms with van der Waals surface area (Å²) in [6, 6.07) is 1.87. The highest BCUT2D eigenvalue weighted by atomic mass is 31.0. The van der Waals surface area contributed by atoms with E-state index < -0.39 is 0 Å². The summed E-state index contributed by atoms with van der Waals surface area (Å²) in [5.74, 6) is 0.453. The summed E-state index contributed by atoms with van der Waals surface area (Å²) in [6.07, 6.45) is 3.41. The molecule has 11 heavy (non-hydrogen) atoms. The van der Waals surface area contributed by atoms with E-state index in [0.29, 0.717) is 5.82 Å². The van der Waals surface area contributed by atoms with Gasteiger partial charge in [-0.2, -0.15) is 0 Å². The fraction of sp³-hybridized carbons (Fsp3) is 0. The Morgan fingerprint density at radius 2 is 2.36 bits per heavy atom. The van der Waals surface area contributed by atoms with Crippen LogP contribution in [0, 0.1) is 0 Å². The Morgan fingerprint density at radius 3 is 3.18 bits per heavy atom. The van der Waals surface area contributed by atoms with E-state index >= 15 is 0 Å². The predicted molar refractivity (Wildman–Crippen MR) is 47.0 cm³/mol. The van der Waals surface area contributed by atoms with Crippen LogP contribution in [0.25, 0.3) is 11.2 Å². The zero-order valence-electron chi connectivity index (χ0n) is 5.73. The van der Waals surface area contributed by atoms with Crippen LogP contribution in [-0.4, -0.2) is 14.3 Å².